The molecule has 2 aromatic carbocycles. The highest BCUT2D eigenvalue weighted by Crippen LogP contribution is 2.17. The number of halogens is 1. The van der Waals surface area contributed by atoms with E-state index in [-0.39, 0.29) is 24.4 Å². The Kier molecular flexibility index (Phi) is 5.84. The van der Waals surface area contributed by atoms with Crippen LogP contribution in [0.2, 0.25) is 0 Å². The number of nitrogens with one attached hydrogen (secondary N) is 1. The lowest BCUT2D eigenvalue weighted by Gasteiger charge is -2.18. The molecule has 0 radical (unpaired) electrons. The van der Waals surface area contributed by atoms with Crippen molar-refractivity contribution in [3.63, 3.8) is 0 Å². The zero-order valence-electron chi connectivity index (χ0n) is 13.3. The highest BCUT2D eigenvalue weighted by Gasteiger charge is 2.18. The lowest BCUT2D eigenvalue weighted by atomic mass is 10.0. The molecular weight excluding hydrogens is 295 g/mol. The second-order valence-corrected chi connectivity index (χ2v) is 5.41. The van der Waals surface area contributed by atoms with E-state index in [0.717, 1.165) is 16.7 Å². The lowest BCUT2D eigenvalue weighted by Crippen LogP contribution is -2.36. The molecule has 0 aliphatic heterocycles. The molecule has 0 aliphatic carbocycles. The van der Waals surface area contributed by atoms with Gasteiger partial charge in [0.1, 0.15) is 11.9 Å². The molecule has 5 heteroatoms. The number of ether oxygens (including phenoxy) is 1. The van der Waals surface area contributed by atoms with Crippen molar-refractivity contribution < 1.29 is 13.9 Å². The zero-order valence-corrected chi connectivity index (χ0v) is 13.3. The molecule has 2 atom stereocenters. The van der Waals surface area contributed by atoms with Crippen LogP contribution >= 0.6 is 0 Å². The maximum Gasteiger partial charge on any atom is 0.241 e. The van der Waals surface area contributed by atoms with Crippen LogP contribution in [0.3, 0.4) is 0 Å². The number of hydrogen-bond acceptors (Lipinski definition) is 3. The largest absolute Gasteiger partial charge is 0.375 e. The van der Waals surface area contributed by atoms with Gasteiger partial charge in [0.2, 0.25) is 5.91 Å². The number of amides is 1. The Labute approximate surface area is 135 Å². The van der Waals surface area contributed by atoms with Gasteiger partial charge in [-0.15, -0.1) is 0 Å². The van der Waals surface area contributed by atoms with E-state index in [1.54, 1.807) is 19.2 Å². The van der Waals surface area contributed by atoms with Crippen molar-refractivity contribution in [3.05, 3.63) is 71.0 Å². The topological polar surface area (TPSA) is 64.3 Å². The molecule has 4 nitrogen and oxygen atoms in total. The molecule has 0 aromatic heterocycles. The quantitative estimate of drug-likeness (QED) is 0.861. The molecule has 0 spiro atoms. The summed E-state index contributed by atoms with van der Waals surface area (Å²) in [4.78, 5) is 12.2. The van der Waals surface area contributed by atoms with E-state index in [0.29, 0.717) is 0 Å². The summed E-state index contributed by atoms with van der Waals surface area (Å²) in [6.45, 7) is 2.24. The second-order valence-electron chi connectivity index (χ2n) is 5.41. The van der Waals surface area contributed by atoms with Crippen LogP contribution in [0.15, 0.2) is 48.5 Å². The number of nitrogens with two attached hydrogens (primary N) is 1. The van der Waals surface area contributed by atoms with Gasteiger partial charge in [0.05, 0.1) is 6.10 Å². The highest BCUT2D eigenvalue weighted by molar-refractivity contribution is 5.82. The highest BCUT2D eigenvalue weighted by atomic mass is 19.1. The Morgan fingerprint density at radius 2 is 1.70 bits per heavy atom. The summed E-state index contributed by atoms with van der Waals surface area (Å²) in [5.41, 5.74) is 8.62. The predicted octanol–water partition coefficient (Wildman–Crippen LogP) is 2.64. The number of hydrogen-bond donors (Lipinski definition) is 2. The predicted molar refractivity (Wildman–Crippen MR) is 87.3 cm³/mol. The van der Waals surface area contributed by atoms with E-state index in [1.807, 2.05) is 31.2 Å². The van der Waals surface area contributed by atoms with Crippen LogP contribution in [0.25, 0.3) is 0 Å². The van der Waals surface area contributed by atoms with Crippen LogP contribution in [0.1, 0.15) is 28.8 Å². The van der Waals surface area contributed by atoms with E-state index >= 15 is 0 Å². The fraction of sp³-hybridized carbons (Fsp3) is 0.278. The fourth-order valence-corrected chi connectivity index (χ4v) is 2.24. The molecule has 0 heterocycles. The van der Waals surface area contributed by atoms with Gasteiger partial charge in [-0.1, -0.05) is 42.0 Å². The summed E-state index contributed by atoms with van der Waals surface area (Å²) in [5.74, 6) is -0.591. The van der Waals surface area contributed by atoms with Crippen LogP contribution in [0, 0.1) is 12.7 Å². The van der Waals surface area contributed by atoms with Crippen molar-refractivity contribution in [2.45, 2.75) is 19.1 Å². The summed E-state index contributed by atoms with van der Waals surface area (Å²) in [6, 6.07) is 12.8. The molecule has 0 bridgehead atoms. The van der Waals surface area contributed by atoms with Crippen LogP contribution in [-0.2, 0) is 9.53 Å². The smallest absolute Gasteiger partial charge is 0.241 e. The Hall–Kier alpha value is -2.24. The van der Waals surface area contributed by atoms with Crippen molar-refractivity contribution in [3.8, 4) is 0 Å². The van der Waals surface area contributed by atoms with Crippen molar-refractivity contribution in [2.75, 3.05) is 13.7 Å². The fourth-order valence-electron chi connectivity index (χ4n) is 2.24. The Morgan fingerprint density at radius 3 is 2.26 bits per heavy atom. The molecule has 2 rings (SSSR count). The van der Waals surface area contributed by atoms with Gasteiger partial charge in [0.25, 0.3) is 0 Å². The van der Waals surface area contributed by atoms with Gasteiger partial charge in [0, 0.05) is 13.7 Å². The summed E-state index contributed by atoms with van der Waals surface area (Å²) in [5, 5.41) is 2.78. The van der Waals surface area contributed by atoms with Gasteiger partial charge in [-0.2, -0.15) is 0 Å². The average molecular weight is 316 g/mol. The van der Waals surface area contributed by atoms with Crippen molar-refractivity contribution >= 4 is 5.91 Å². The second kappa shape index (κ2) is 7.85. The minimum absolute atomic E-state index is 0.264. The minimum Gasteiger partial charge on any atom is -0.375 e. The molecule has 1 amide bonds. The van der Waals surface area contributed by atoms with Gasteiger partial charge in [-0.25, -0.2) is 4.39 Å². The van der Waals surface area contributed by atoms with Crippen molar-refractivity contribution in [1.29, 1.82) is 0 Å². The molecule has 3 N–H and O–H groups in total. The van der Waals surface area contributed by atoms with E-state index in [1.165, 1.54) is 12.1 Å². The monoisotopic (exact) mass is 316 g/mol. The molecular formula is C18H21FN2O2. The van der Waals surface area contributed by atoms with Crippen LogP contribution in [0.5, 0.6) is 0 Å². The molecule has 122 valence electrons. The van der Waals surface area contributed by atoms with Gasteiger partial charge in [-0.3, -0.25) is 4.79 Å². The Morgan fingerprint density at radius 1 is 1.13 bits per heavy atom. The molecule has 0 saturated carbocycles. The maximum atomic E-state index is 13.0. The normalized spacial score (nSPS) is 13.4. The van der Waals surface area contributed by atoms with E-state index in [2.05, 4.69) is 5.32 Å². The third-order valence-electron chi connectivity index (χ3n) is 3.71. The summed E-state index contributed by atoms with van der Waals surface area (Å²) < 4.78 is 18.3. The van der Waals surface area contributed by atoms with E-state index < -0.39 is 6.04 Å². The first kappa shape index (κ1) is 17.1. The summed E-state index contributed by atoms with van der Waals surface area (Å²) in [6.07, 6.45) is -0.357. The zero-order chi connectivity index (χ0) is 16.8. The SMILES string of the molecule is COC(CNC(=O)C(N)c1ccc(C)cc1)c1ccc(F)cc1. The number of benzene rings is 2. The molecule has 0 aliphatic rings. The number of rotatable bonds is 6. The number of carbonyl (C=O) groups is 1. The molecule has 2 unspecified atom stereocenters. The van der Waals surface area contributed by atoms with Gasteiger partial charge in [-0.05, 0) is 30.2 Å². The standard InChI is InChI=1S/C18H21FN2O2/c1-12-3-5-14(6-4-12)17(20)18(22)21-11-16(23-2)13-7-9-15(19)10-8-13/h3-10,16-17H,11,20H2,1-2H3,(H,21,22). The van der Waals surface area contributed by atoms with Crippen molar-refractivity contribution in [1.82, 2.24) is 5.32 Å². The number of aryl methyl sites for hydroxylation is 1. The van der Waals surface area contributed by atoms with Gasteiger partial charge >= 0.3 is 0 Å². The number of carbonyl (C=O) groups excluding carboxylic acids is 1. The van der Waals surface area contributed by atoms with Crippen LogP contribution in [-0.4, -0.2) is 19.6 Å². The molecule has 23 heavy (non-hydrogen) atoms. The van der Waals surface area contributed by atoms with E-state index in [4.69, 9.17) is 10.5 Å². The third kappa shape index (κ3) is 4.61. The third-order valence-corrected chi connectivity index (χ3v) is 3.71. The number of methoxy groups -OCH3 is 1. The van der Waals surface area contributed by atoms with Crippen molar-refractivity contribution in [2.24, 2.45) is 5.73 Å². The molecule has 2 aromatic rings. The minimum atomic E-state index is -0.735. The van der Waals surface area contributed by atoms with E-state index in [9.17, 15) is 9.18 Å². The lowest BCUT2D eigenvalue weighted by molar-refractivity contribution is -0.123. The van der Waals surface area contributed by atoms with Gasteiger partial charge in [0.15, 0.2) is 0 Å². The maximum absolute atomic E-state index is 13.0. The first-order chi connectivity index (χ1) is 11.0. The molecule has 0 fully saturated rings. The Bertz CT molecular complexity index is 641. The first-order valence-corrected chi connectivity index (χ1v) is 7.39. The summed E-state index contributed by atoms with van der Waals surface area (Å²) in [7, 11) is 1.54. The van der Waals surface area contributed by atoms with Crippen LogP contribution in [0.4, 0.5) is 4.39 Å². The first-order valence-electron chi connectivity index (χ1n) is 7.39. The van der Waals surface area contributed by atoms with Gasteiger partial charge < -0.3 is 15.8 Å². The Balaban J connectivity index is 1.96. The molecule has 0 saturated heterocycles. The average Bonchev–Trinajstić information content (AvgIpc) is 2.56. The summed E-state index contributed by atoms with van der Waals surface area (Å²) >= 11 is 0. The van der Waals surface area contributed by atoms with Crippen LogP contribution < -0.4 is 11.1 Å².